The third-order valence-corrected chi connectivity index (χ3v) is 6.88. The standard InChI is InChI=1S/C27H22ClF4NO5/c1-4-37-24(34)19-11-15(6-9-21(19)29)16-5-8-18(20(28)12-16)14(2)26(36,27(30,31)32)17-7-10-23-22(13-17)33(3)25(35)38-23/h5-14,36H,4H2,1-3H3/t14-,26-/m1/s1. The molecule has 0 amide bonds. The van der Waals surface area contributed by atoms with Crippen LogP contribution in [-0.4, -0.2) is 28.4 Å². The van der Waals surface area contributed by atoms with Crippen molar-refractivity contribution in [3.8, 4) is 11.1 Å². The molecule has 38 heavy (non-hydrogen) atoms. The maximum absolute atomic E-state index is 14.5. The number of rotatable bonds is 6. The number of aliphatic hydroxyl groups is 1. The number of benzene rings is 3. The molecule has 1 N–H and O–H groups in total. The van der Waals surface area contributed by atoms with Crippen molar-refractivity contribution in [2.24, 2.45) is 7.05 Å². The summed E-state index contributed by atoms with van der Waals surface area (Å²) in [5.41, 5.74) is -3.25. The Morgan fingerprint density at radius 1 is 1.11 bits per heavy atom. The number of hydrogen-bond acceptors (Lipinski definition) is 5. The number of carbonyl (C=O) groups is 1. The average molecular weight is 552 g/mol. The van der Waals surface area contributed by atoms with Gasteiger partial charge in [0.15, 0.2) is 11.2 Å². The Morgan fingerprint density at radius 2 is 1.76 bits per heavy atom. The molecule has 11 heteroatoms. The number of esters is 1. The van der Waals surface area contributed by atoms with Crippen molar-refractivity contribution in [2.75, 3.05) is 6.61 Å². The quantitative estimate of drug-likeness (QED) is 0.224. The molecule has 0 aliphatic carbocycles. The summed E-state index contributed by atoms with van der Waals surface area (Å²) in [5.74, 6) is -3.99. The third-order valence-electron chi connectivity index (χ3n) is 6.55. The summed E-state index contributed by atoms with van der Waals surface area (Å²) < 4.78 is 68.4. The fourth-order valence-corrected chi connectivity index (χ4v) is 4.72. The van der Waals surface area contributed by atoms with E-state index in [2.05, 4.69) is 0 Å². The molecule has 4 rings (SSSR count). The minimum atomic E-state index is -5.13. The maximum Gasteiger partial charge on any atom is 0.422 e. The lowest BCUT2D eigenvalue weighted by Crippen LogP contribution is -2.46. The van der Waals surface area contributed by atoms with Crippen molar-refractivity contribution in [3.05, 3.63) is 92.7 Å². The molecular weight excluding hydrogens is 530 g/mol. The first-order valence-electron chi connectivity index (χ1n) is 11.4. The van der Waals surface area contributed by atoms with E-state index in [1.807, 2.05) is 0 Å². The zero-order valence-corrected chi connectivity index (χ0v) is 21.2. The van der Waals surface area contributed by atoms with E-state index < -0.39 is 40.8 Å². The van der Waals surface area contributed by atoms with Gasteiger partial charge in [-0.2, -0.15) is 13.2 Å². The minimum absolute atomic E-state index is 0.0100. The van der Waals surface area contributed by atoms with E-state index >= 15 is 0 Å². The molecule has 0 radical (unpaired) electrons. The maximum atomic E-state index is 14.5. The van der Waals surface area contributed by atoms with E-state index in [-0.39, 0.29) is 33.9 Å². The van der Waals surface area contributed by atoms with Gasteiger partial charge in [0.05, 0.1) is 17.7 Å². The fourth-order valence-electron chi connectivity index (χ4n) is 4.38. The van der Waals surface area contributed by atoms with Crippen LogP contribution in [0.4, 0.5) is 17.6 Å². The fraction of sp³-hybridized carbons (Fsp3) is 0.259. The summed E-state index contributed by atoms with van der Waals surface area (Å²) in [6.07, 6.45) is -5.13. The molecule has 2 atom stereocenters. The first-order chi connectivity index (χ1) is 17.8. The van der Waals surface area contributed by atoms with Gasteiger partial charge in [-0.15, -0.1) is 0 Å². The molecule has 0 aliphatic rings. The highest BCUT2D eigenvalue weighted by Crippen LogP contribution is 2.50. The van der Waals surface area contributed by atoms with Crippen LogP contribution < -0.4 is 5.76 Å². The largest absolute Gasteiger partial charge is 0.462 e. The lowest BCUT2D eigenvalue weighted by atomic mass is 9.77. The van der Waals surface area contributed by atoms with E-state index in [9.17, 15) is 32.3 Å². The molecule has 0 fully saturated rings. The number of oxazole rings is 1. The Hall–Kier alpha value is -3.63. The van der Waals surface area contributed by atoms with Crippen LogP contribution in [0.3, 0.4) is 0 Å². The third kappa shape index (κ3) is 4.58. The molecule has 4 aromatic rings. The lowest BCUT2D eigenvalue weighted by molar-refractivity contribution is -0.274. The highest BCUT2D eigenvalue weighted by atomic mass is 35.5. The van der Waals surface area contributed by atoms with Gasteiger partial charge in [-0.25, -0.2) is 14.0 Å². The van der Waals surface area contributed by atoms with Gasteiger partial charge in [0.2, 0.25) is 0 Å². The molecule has 0 saturated heterocycles. The number of aromatic nitrogens is 1. The van der Waals surface area contributed by atoms with E-state index in [0.29, 0.717) is 11.1 Å². The number of carbonyl (C=O) groups excluding carboxylic acids is 1. The van der Waals surface area contributed by atoms with E-state index in [0.717, 1.165) is 22.8 Å². The topological polar surface area (TPSA) is 81.7 Å². The normalized spacial score (nSPS) is 14.3. The Labute approximate surface area is 219 Å². The highest BCUT2D eigenvalue weighted by molar-refractivity contribution is 6.31. The monoisotopic (exact) mass is 551 g/mol. The molecule has 1 heterocycles. The highest BCUT2D eigenvalue weighted by Gasteiger charge is 2.59. The molecule has 0 saturated carbocycles. The van der Waals surface area contributed by atoms with Crippen LogP contribution in [0, 0.1) is 5.82 Å². The van der Waals surface area contributed by atoms with Crippen LogP contribution in [0.25, 0.3) is 22.2 Å². The molecule has 6 nitrogen and oxygen atoms in total. The molecule has 0 spiro atoms. The van der Waals surface area contributed by atoms with Gasteiger partial charge in [-0.05, 0) is 59.5 Å². The molecule has 200 valence electrons. The Bertz CT molecular complexity index is 1590. The predicted molar refractivity (Wildman–Crippen MR) is 133 cm³/mol. The summed E-state index contributed by atoms with van der Waals surface area (Å²) in [5, 5.41) is 11.1. The second-order valence-corrected chi connectivity index (χ2v) is 9.15. The summed E-state index contributed by atoms with van der Waals surface area (Å²) in [6, 6.07) is 11.2. The molecule has 0 aliphatic heterocycles. The average Bonchev–Trinajstić information content (AvgIpc) is 3.15. The van der Waals surface area contributed by atoms with Gasteiger partial charge >= 0.3 is 17.9 Å². The number of nitrogens with zero attached hydrogens (tertiary/aromatic N) is 1. The number of ether oxygens (including phenoxy) is 1. The van der Waals surface area contributed by atoms with Gasteiger partial charge in [0.25, 0.3) is 0 Å². The first-order valence-corrected chi connectivity index (χ1v) is 11.8. The second-order valence-electron chi connectivity index (χ2n) is 8.75. The van der Waals surface area contributed by atoms with Gasteiger partial charge in [0, 0.05) is 18.0 Å². The van der Waals surface area contributed by atoms with Crippen molar-refractivity contribution >= 4 is 28.7 Å². The molecule has 1 aromatic heterocycles. The molecule has 3 aromatic carbocycles. The van der Waals surface area contributed by atoms with Crippen LogP contribution in [0.1, 0.15) is 41.3 Å². The number of aryl methyl sites for hydroxylation is 1. The second kappa shape index (κ2) is 9.92. The number of halogens is 5. The summed E-state index contributed by atoms with van der Waals surface area (Å²) in [4.78, 5) is 23.9. The zero-order chi connectivity index (χ0) is 28.0. The SMILES string of the molecule is CCOC(=O)c1cc(-c2ccc([C@@H](C)[C@@](O)(c3ccc4oc(=O)n(C)c4c3)C(F)(F)F)c(Cl)c2)ccc1F. The van der Waals surface area contributed by atoms with Crippen molar-refractivity contribution in [3.63, 3.8) is 0 Å². The summed E-state index contributed by atoms with van der Waals surface area (Å²) in [6.45, 7) is 2.81. The molecule has 0 unspecified atom stereocenters. The zero-order valence-electron chi connectivity index (χ0n) is 20.4. The Morgan fingerprint density at radius 3 is 2.39 bits per heavy atom. The van der Waals surface area contributed by atoms with E-state index in [1.54, 1.807) is 6.92 Å². The van der Waals surface area contributed by atoms with Crippen LogP contribution >= 0.6 is 11.6 Å². The lowest BCUT2D eigenvalue weighted by Gasteiger charge is -2.37. The Kier molecular flexibility index (Phi) is 7.15. The van der Waals surface area contributed by atoms with Crippen molar-refractivity contribution in [1.29, 1.82) is 0 Å². The number of hydrogen-bond donors (Lipinski definition) is 1. The van der Waals surface area contributed by atoms with E-state index in [4.69, 9.17) is 20.8 Å². The smallest absolute Gasteiger partial charge is 0.422 e. The predicted octanol–water partition coefficient (Wildman–Crippen LogP) is 6.32. The summed E-state index contributed by atoms with van der Waals surface area (Å²) >= 11 is 6.42. The Balaban J connectivity index is 1.78. The van der Waals surface area contributed by atoms with Gasteiger partial charge < -0.3 is 14.3 Å². The number of alkyl halides is 3. The first kappa shape index (κ1) is 27.4. The van der Waals surface area contributed by atoms with Crippen LogP contribution in [0.15, 0.2) is 63.8 Å². The molecular formula is C27H22ClF4NO5. The van der Waals surface area contributed by atoms with Crippen molar-refractivity contribution in [1.82, 2.24) is 4.57 Å². The van der Waals surface area contributed by atoms with E-state index in [1.165, 1.54) is 50.4 Å². The van der Waals surface area contributed by atoms with Crippen molar-refractivity contribution in [2.45, 2.75) is 31.5 Å². The van der Waals surface area contributed by atoms with Gasteiger partial charge in [-0.1, -0.05) is 42.8 Å². The van der Waals surface area contributed by atoms with Crippen LogP contribution in [0.5, 0.6) is 0 Å². The minimum Gasteiger partial charge on any atom is -0.462 e. The number of fused-ring (bicyclic) bond motifs is 1. The van der Waals surface area contributed by atoms with Crippen LogP contribution in [0.2, 0.25) is 5.02 Å². The summed E-state index contributed by atoms with van der Waals surface area (Å²) in [7, 11) is 1.34. The molecule has 0 bridgehead atoms. The van der Waals surface area contributed by atoms with Crippen molar-refractivity contribution < 1.29 is 36.6 Å². The van der Waals surface area contributed by atoms with Crippen LogP contribution in [-0.2, 0) is 17.4 Å². The van der Waals surface area contributed by atoms with Gasteiger partial charge in [0.1, 0.15) is 5.82 Å². The van der Waals surface area contributed by atoms with Gasteiger partial charge in [-0.3, -0.25) is 4.57 Å².